The summed E-state index contributed by atoms with van der Waals surface area (Å²) >= 11 is 3.27. The molecule has 19 heavy (non-hydrogen) atoms. The van der Waals surface area contributed by atoms with E-state index in [1.165, 1.54) is 12.1 Å². The predicted octanol–water partition coefficient (Wildman–Crippen LogP) is 3.96. The van der Waals surface area contributed by atoms with Gasteiger partial charge < -0.3 is 14.9 Å². The average Bonchev–Trinajstić information content (AvgIpc) is 2.74. The lowest BCUT2D eigenvalue weighted by atomic mass is 10.1. The molecule has 2 N–H and O–H groups in total. The second kappa shape index (κ2) is 5.75. The Labute approximate surface area is 119 Å². The van der Waals surface area contributed by atoms with Crippen LogP contribution in [-0.2, 0) is 0 Å². The fourth-order valence-electron chi connectivity index (χ4n) is 1.74. The SMILES string of the molecule is Cc1ccc(C(Oc2ccc(F)cc2Br)C(C)N)o1. The van der Waals surface area contributed by atoms with Crippen LogP contribution in [-0.4, -0.2) is 6.04 Å². The summed E-state index contributed by atoms with van der Waals surface area (Å²) in [7, 11) is 0. The summed E-state index contributed by atoms with van der Waals surface area (Å²) in [4.78, 5) is 0. The number of halogens is 2. The average molecular weight is 328 g/mol. The first kappa shape index (κ1) is 14.1. The number of aryl methyl sites for hydroxylation is 1. The molecule has 1 aromatic carbocycles. The highest BCUT2D eigenvalue weighted by atomic mass is 79.9. The minimum atomic E-state index is -0.421. The van der Waals surface area contributed by atoms with E-state index in [4.69, 9.17) is 14.9 Å². The Morgan fingerprint density at radius 3 is 2.58 bits per heavy atom. The molecular formula is C14H15BrFNO2. The van der Waals surface area contributed by atoms with Crippen LogP contribution in [0.25, 0.3) is 0 Å². The summed E-state index contributed by atoms with van der Waals surface area (Å²) in [5.74, 6) is 1.65. The lowest BCUT2D eigenvalue weighted by Crippen LogP contribution is -2.28. The zero-order chi connectivity index (χ0) is 14.0. The van der Waals surface area contributed by atoms with Crippen LogP contribution in [0.2, 0.25) is 0 Å². The van der Waals surface area contributed by atoms with Crippen LogP contribution in [0.3, 0.4) is 0 Å². The van der Waals surface area contributed by atoms with Gasteiger partial charge >= 0.3 is 0 Å². The van der Waals surface area contributed by atoms with Crippen molar-refractivity contribution in [3.05, 3.63) is 52.1 Å². The van der Waals surface area contributed by atoms with E-state index in [2.05, 4.69) is 15.9 Å². The first-order valence-electron chi connectivity index (χ1n) is 5.91. The number of rotatable bonds is 4. The molecule has 2 aromatic rings. The van der Waals surface area contributed by atoms with Crippen molar-refractivity contribution in [3.8, 4) is 5.75 Å². The number of hydrogen-bond donors (Lipinski definition) is 1. The molecule has 0 radical (unpaired) electrons. The fourth-order valence-corrected chi connectivity index (χ4v) is 2.18. The van der Waals surface area contributed by atoms with E-state index in [-0.39, 0.29) is 11.9 Å². The Kier molecular flexibility index (Phi) is 4.27. The van der Waals surface area contributed by atoms with E-state index < -0.39 is 6.10 Å². The van der Waals surface area contributed by atoms with Crippen LogP contribution < -0.4 is 10.5 Å². The van der Waals surface area contributed by atoms with Crippen LogP contribution in [0, 0.1) is 12.7 Å². The minimum Gasteiger partial charge on any atom is -0.480 e. The maximum absolute atomic E-state index is 13.0. The van der Waals surface area contributed by atoms with Crippen molar-refractivity contribution in [2.24, 2.45) is 5.73 Å². The number of furan rings is 1. The largest absolute Gasteiger partial charge is 0.480 e. The predicted molar refractivity (Wildman–Crippen MR) is 74.6 cm³/mol. The molecule has 2 atom stereocenters. The maximum atomic E-state index is 13.0. The zero-order valence-electron chi connectivity index (χ0n) is 10.7. The minimum absolute atomic E-state index is 0.262. The molecule has 1 heterocycles. The summed E-state index contributed by atoms with van der Waals surface area (Å²) in [6, 6.07) is 7.67. The standard InChI is InChI=1S/C14H15BrFNO2/c1-8-3-5-13(18-8)14(9(2)17)19-12-6-4-10(16)7-11(12)15/h3-7,9,14H,17H2,1-2H3. The van der Waals surface area contributed by atoms with Crippen LogP contribution in [0.15, 0.2) is 39.2 Å². The molecule has 3 nitrogen and oxygen atoms in total. The van der Waals surface area contributed by atoms with Crippen LogP contribution in [0.4, 0.5) is 4.39 Å². The molecule has 0 bridgehead atoms. The maximum Gasteiger partial charge on any atom is 0.171 e. The van der Waals surface area contributed by atoms with Gasteiger partial charge in [-0.05, 0) is 60.1 Å². The van der Waals surface area contributed by atoms with Gasteiger partial charge in [-0.25, -0.2) is 4.39 Å². The third-order valence-electron chi connectivity index (χ3n) is 2.67. The van der Waals surface area contributed by atoms with Gasteiger partial charge in [0.15, 0.2) is 6.10 Å². The Hall–Kier alpha value is -1.33. The van der Waals surface area contributed by atoms with Gasteiger partial charge in [0, 0.05) is 6.04 Å². The summed E-state index contributed by atoms with van der Waals surface area (Å²) in [5.41, 5.74) is 5.93. The number of ether oxygens (including phenoxy) is 1. The highest BCUT2D eigenvalue weighted by Crippen LogP contribution is 2.31. The number of hydrogen-bond acceptors (Lipinski definition) is 3. The molecule has 0 spiro atoms. The summed E-state index contributed by atoms with van der Waals surface area (Å²) < 4.78 is 25.0. The van der Waals surface area contributed by atoms with Gasteiger partial charge in [0.1, 0.15) is 23.1 Å². The van der Waals surface area contributed by atoms with Gasteiger partial charge in [0.2, 0.25) is 0 Å². The first-order valence-corrected chi connectivity index (χ1v) is 6.70. The van der Waals surface area contributed by atoms with Gasteiger partial charge in [0.05, 0.1) is 4.47 Å². The summed E-state index contributed by atoms with van der Waals surface area (Å²) in [5, 5.41) is 0. The smallest absolute Gasteiger partial charge is 0.171 e. The molecule has 5 heteroatoms. The van der Waals surface area contributed by atoms with Crippen molar-refractivity contribution >= 4 is 15.9 Å². The van der Waals surface area contributed by atoms with Crippen LogP contribution in [0.5, 0.6) is 5.75 Å². The lowest BCUT2D eigenvalue weighted by molar-refractivity contribution is 0.150. The van der Waals surface area contributed by atoms with E-state index in [1.54, 1.807) is 6.07 Å². The molecule has 0 amide bonds. The number of benzene rings is 1. The van der Waals surface area contributed by atoms with Crippen molar-refractivity contribution in [1.82, 2.24) is 0 Å². The van der Waals surface area contributed by atoms with Gasteiger partial charge in [-0.1, -0.05) is 0 Å². The number of nitrogens with two attached hydrogens (primary N) is 1. The van der Waals surface area contributed by atoms with Gasteiger partial charge in [-0.15, -0.1) is 0 Å². The van der Waals surface area contributed by atoms with Gasteiger partial charge in [-0.3, -0.25) is 0 Å². The van der Waals surface area contributed by atoms with Gasteiger partial charge in [0.25, 0.3) is 0 Å². The van der Waals surface area contributed by atoms with Crippen molar-refractivity contribution in [1.29, 1.82) is 0 Å². The van der Waals surface area contributed by atoms with Crippen LogP contribution in [0.1, 0.15) is 24.5 Å². The van der Waals surface area contributed by atoms with E-state index >= 15 is 0 Å². The Balaban J connectivity index is 2.26. The highest BCUT2D eigenvalue weighted by Gasteiger charge is 2.22. The third-order valence-corrected chi connectivity index (χ3v) is 3.29. The monoisotopic (exact) mass is 327 g/mol. The molecule has 2 unspecified atom stereocenters. The van der Waals surface area contributed by atoms with E-state index in [0.29, 0.717) is 16.0 Å². The second-order valence-electron chi connectivity index (χ2n) is 4.42. The van der Waals surface area contributed by atoms with E-state index in [9.17, 15) is 4.39 Å². The van der Waals surface area contributed by atoms with Crippen molar-refractivity contribution < 1.29 is 13.5 Å². The van der Waals surface area contributed by atoms with Crippen molar-refractivity contribution in [2.45, 2.75) is 26.0 Å². The second-order valence-corrected chi connectivity index (χ2v) is 5.28. The molecular weight excluding hydrogens is 313 g/mol. The van der Waals surface area contributed by atoms with E-state index in [0.717, 1.165) is 5.76 Å². The molecule has 0 saturated carbocycles. The molecule has 0 fully saturated rings. The normalized spacial score (nSPS) is 14.2. The van der Waals surface area contributed by atoms with Crippen molar-refractivity contribution in [2.75, 3.05) is 0 Å². The third kappa shape index (κ3) is 3.36. The fraction of sp³-hybridized carbons (Fsp3) is 0.286. The summed E-state index contributed by atoms with van der Waals surface area (Å²) in [6.07, 6.45) is -0.421. The molecule has 0 aliphatic heterocycles. The Morgan fingerprint density at radius 2 is 2.05 bits per heavy atom. The van der Waals surface area contributed by atoms with Crippen molar-refractivity contribution in [3.63, 3.8) is 0 Å². The quantitative estimate of drug-likeness (QED) is 0.924. The van der Waals surface area contributed by atoms with Crippen LogP contribution >= 0.6 is 15.9 Å². The molecule has 0 aliphatic carbocycles. The van der Waals surface area contributed by atoms with E-state index in [1.807, 2.05) is 26.0 Å². The highest BCUT2D eigenvalue weighted by molar-refractivity contribution is 9.10. The topological polar surface area (TPSA) is 48.4 Å². The Bertz CT molecular complexity index is 568. The first-order chi connectivity index (χ1) is 8.97. The molecule has 102 valence electrons. The summed E-state index contributed by atoms with van der Waals surface area (Å²) in [6.45, 7) is 3.69. The zero-order valence-corrected chi connectivity index (χ0v) is 12.3. The lowest BCUT2D eigenvalue weighted by Gasteiger charge is -2.21. The Morgan fingerprint density at radius 1 is 1.32 bits per heavy atom. The molecule has 2 rings (SSSR count). The molecule has 0 saturated heterocycles. The molecule has 0 aliphatic rings. The molecule has 1 aromatic heterocycles. The van der Waals surface area contributed by atoms with Gasteiger partial charge in [-0.2, -0.15) is 0 Å².